The van der Waals surface area contributed by atoms with Gasteiger partial charge in [0.2, 0.25) is 0 Å². The second-order valence-electron chi connectivity index (χ2n) is 5.54. The maximum absolute atomic E-state index is 13.0. The highest BCUT2D eigenvalue weighted by Gasteiger charge is 2.11. The molecule has 0 saturated heterocycles. The Bertz CT molecular complexity index is 864. The van der Waals surface area contributed by atoms with Gasteiger partial charge in [0.15, 0.2) is 0 Å². The maximum atomic E-state index is 13.0. The van der Waals surface area contributed by atoms with Crippen LogP contribution >= 0.6 is 11.6 Å². The number of carbonyl (C=O) groups excluding carboxylic acids is 1. The number of aromatic nitrogens is 2. The topological polar surface area (TPSA) is 46.9 Å². The zero-order valence-corrected chi connectivity index (χ0v) is 14.2. The van der Waals surface area contributed by atoms with Crippen LogP contribution in [0.25, 0.3) is 11.4 Å². The van der Waals surface area contributed by atoms with Crippen LogP contribution in [0.3, 0.4) is 0 Å². The summed E-state index contributed by atoms with van der Waals surface area (Å²) in [4.78, 5) is 16.5. The Morgan fingerprint density at radius 3 is 2.76 bits per heavy atom. The molecule has 128 valence electrons. The molecule has 1 N–H and O–H groups in total. The lowest BCUT2D eigenvalue weighted by atomic mass is 10.2. The number of carbonyl (C=O) groups is 1. The molecule has 0 aliphatic carbocycles. The van der Waals surface area contributed by atoms with Gasteiger partial charge in [0.05, 0.1) is 10.6 Å². The van der Waals surface area contributed by atoms with Gasteiger partial charge in [-0.25, -0.2) is 9.37 Å². The van der Waals surface area contributed by atoms with Crippen LogP contribution in [0.5, 0.6) is 0 Å². The number of nitrogens with one attached hydrogen (secondary N) is 1. The van der Waals surface area contributed by atoms with Gasteiger partial charge in [0.25, 0.3) is 5.91 Å². The molecule has 4 nitrogen and oxygen atoms in total. The number of halogens is 2. The van der Waals surface area contributed by atoms with Crippen LogP contribution in [-0.4, -0.2) is 22.0 Å². The first-order valence-electron chi connectivity index (χ1n) is 7.95. The van der Waals surface area contributed by atoms with Gasteiger partial charge in [-0.15, -0.1) is 0 Å². The fraction of sp³-hybridized carbons (Fsp3) is 0.158. The van der Waals surface area contributed by atoms with Crippen molar-refractivity contribution in [2.45, 2.75) is 13.0 Å². The molecule has 3 aromatic rings. The number of rotatable bonds is 6. The number of imidazole rings is 1. The molecule has 0 unspecified atom stereocenters. The van der Waals surface area contributed by atoms with E-state index in [1.54, 1.807) is 6.20 Å². The summed E-state index contributed by atoms with van der Waals surface area (Å²) in [6.07, 6.45) is 4.42. The van der Waals surface area contributed by atoms with E-state index in [1.165, 1.54) is 12.1 Å². The number of nitrogens with zero attached hydrogens (tertiary/aromatic N) is 2. The Morgan fingerprint density at radius 2 is 2.00 bits per heavy atom. The largest absolute Gasteiger partial charge is 0.352 e. The molecule has 3 rings (SSSR count). The molecular weight excluding hydrogens is 341 g/mol. The van der Waals surface area contributed by atoms with Crippen molar-refractivity contribution in [3.05, 3.63) is 77.3 Å². The van der Waals surface area contributed by atoms with Crippen LogP contribution < -0.4 is 5.32 Å². The minimum absolute atomic E-state index is 0.110. The number of hydrogen-bond acceptors (Lipinski definition) is 2. The lowest BCUT2D eigenvalue weighted by molar-refractivity contribution is 0.0953. The zero-order chi connectivity index (χ0) is 17.6. The average molecular weight is 358 g/mol. The Kier molecular flexibility index (Phi) is 5.46. The van der Waals surface area contributed by atoms with E-state index in [-0.39, 0.29) is 16.5 Å². The molecule has 0 spiro atoms. The third-order valence-electron chi connectivity index (χ3n) is 3.78. The summed E-state index contributed by atoms with van der Waals surface area (Å²) < 4.78 is 15.1. The highest BCUT2D eigenvalue weighted by atomic mass is 35.5. The summed E-state index contributed by atoms with van der Waals surface area (Å²) in [6.45, 7) is 1.21. The summed E-state index contributed by atoms with van der Waals surface area (Å²) in [7, 11) is 0. The van der Waals surface area contributed by atoms with E-state index in [9.17, 15) is 9.18 Å². The molecule has 0 fully saturated rings. The van der Waals surface area contributed by atoms with Crippen molar-refractivity contribution in [2.24, 2.45) is 0 Å². The lowest BCUT2D eigenvalue weighted by Crippen LogP contribution is -2.25. The van der Waals surface area contributed by atoms with E-state index in [0.717, 1.165) is 30.4 Å². The second-order valence-corrected chi connectivity index (χ2v) is 5.95. The zero-order valence-electron chi connectivity index (χ0n) is 13.5. The minimum atomic E-state index is -0.463. The first kappa shape index (κ1) is 17.2. The molecule has 0 aliphatic heterocycles. The smallest absolute Gasteiger partial charge is 0.252 e. The van der Waals surface area contributed by atoms with Crippen LogP contribution in [0.2, 0.25) is 5.02 Å². The summed E-state index contributed by atoms with van der Waals surface area (Å²) >= 11 is 5.89. The summed E-state index contributed by atoms with van der Waals surface area (Å²) in [6, 6.07) is 13.7. The predicted octanol–water partition coefficient (Wildman–Crippen LogP) is 4.16. The first-order chi connectivity index (χ1) is 12.1. The van der Waals surface area contributed by atoms with Gasteiger partial charge in [0.1, 0.15) is 11.6 Å². The quantitative estimate of drug-likeness (QED) is 0.673. The summed E-state index contributed by atoms with van der Waals surface area (Å²) in [5.74, 6) is 0.127. The third-order valence-corrected chi connectivity index (χ3v) is 4.10. The van der Waals surface area contributed by atoms with Crippen LogP contribution in [-0.2, 0) is 6.54 Å². The Balaban J connectivity index is 1.54. The SMILES string of the molecule is O=C(NCCCn1ccnc1-c1ccccc1)c1ccc(F)cc1Cl. The Morgan fingerprint density at radius 1 is 1.20 bits per heavy atom. The normalized spacial score (nSPS) is 10.6. The molecule has 1 heterocycles. The second kappa shape index (κ2) is 7.94. The monoisotopic (exact) mass is 357 g/mol. The fourth-order valence-corrected chi connectivity index (χ4v) is 2.81. The van der Waals surface area contributed by atoms with Crippen molar-refractivity contribution in [2.75, 3.05) is 6.54 Å². The molecule has 1 aromatic heterocycles. The van der Waals surface area contributed by atoms with Crippen LogP contribution in [0.4, 0.5) is 4.39 Å². The molecule has 6 heteroatoms. The fourth-order valence-electron chi connectivity index (χ4n) is 2.56. The van der Waals surface area contributed by atoms with Gasteiger partial charge in [-0.3, -0.25) is 4.79 Å². The highest BCUT2D eigenvalue weighted by molar-refractivity contribution is 6.33. The number of amides is 1. The van der Waals surface area contributed by atoms with E-state index in [1.807, 2.05) is 41.1 Å². The van der Waals surface area contributed by atoms with E-state index in [2.05, 4.69) is 10.3 Å². The Hall–Kier alpha value is -2.66. The van der Waals surface area contributed by atoms with Crippen molar-refractivity contribution < 1.29 is 9.18 Å². The van der Waals surface area contributed by atoms with Crippen LogP contribution in [0.1, 0.15) is 16.8 Å². The molecule has 1 amide bonds. The van der Waals surface area contributed by atoms with E-state index >= 15 is 0 Å². The van der Waals surface area contributed by atoms with Gasteiger partial charge >= 0.3 is 0 Å². The summed E-state index contributed by atoms with van der Waals surface area (Å²) in [5, 5.41) is 2.91. The number of hydrogen-bond donors (Lipinski definition) is 1. The molecule has 0 aliphatic rings. The van der Waals surface area contributed by atoms with Gasteiger partial charge in [-0.2, -0.15) is 0 Å². The number of benzene rings is 2. The standard InChI is InChI=1S/C19H17ClFN3O/c20-17-13-15(21)7-8-16(17)19(25)23-9-4-11-24-12-10-22-18(24)14-5-2-1-3-6-14/h1-3,5-8,10,12-13H,4,9,11H2,(H,23,25). The first-order valence-corrected chi connectivity index (χ1v) is 8.33. The molecular formula is C19H17ClFN3O. The van der Waals surface area contributed by atoms with E-state index in [4.69, 9.17) is 11.6 Å². The van der Waals surface area contributed by atoms with Crippen molar-refractivity contribution in [3.8, 4) is 11.4 Å². The van der Waals surface area contributed by atoms with Crippen LogP contribution in [0, 0.1) is 5.82 Å². The van der Waals surface area contributed by atoms with Gasteiger partial charge in [-0.1, -0.05) is 41.9 Å². The van der Waals surface area contributed by atoms with Gasteiger partial charge < -0.3 is 9.88 Å². The Labute approximate surface area is 150 Å². The molecule has 0 saturated carbocycles. The van der Waals surface area contributed by atoms with Crippen molar-refractivity contribution >= 4 is 17.5 Å². The maximum Gasteiger partial charge on any atom is 0.252 e. The molecule has 0 bridgehead atoms. The van der Waals surface area contributed by atoms with Crippen molar-refractivity contribution in [1.82, 2.24) is 14.9 Å². The predicted molar refractivity (Wildman–Crippen MR) is 96.0 cm³/mol. The summed E-state index contributed by atoms with van der Waals surface area (Å²) in [5.41, 5.74) is 1.32. The average Bonchev–Trinajstić information content (AvgIpc) is 3.08. The highest BCUT2D eigenvalue weighted by Crippen LogP contribution is 2.18. The third kappa shape index (κ3) is 4.25. The molecule has 0 radical (unpaired) electrons. The molecule has 25 heavy (non-hydrogen) atoms. The van der Waals surface area contributed by atoms with Gasteiger partial charge in [-0.05, 0) is 24.6 Å². The van der Waals surface area contributed by atoms with Crippen molar-refractivity contribution in [1.29, 1.82) is 0 Å². The lowest BCUT2D eigenvalue weighted by Gasteiger charge is -2.09. The van der Waals surface area contributed by atoms with E-state index < -0.39 is 5.82 Å². The van der Waals surface area contributed by atoms with Crippen LogP contribution in [0.15, 0.2) is 60.9 Å². The van der Waals surface area contributed by atoms with E-state index in [0.29, 0.717) is 6.54 Å². The minimum Gasteiger partial charge on any atom is -0.352 e. The molecule has 0 atom stereocenters. The number of aryl methyl sites for hydroxylation is 1. The molecule has 2 aromatic carbocycles. The van der Waals surface area contributed by atoms with Crippen molar-refractivity contribution in [3.63, 3.8) is 0 Å². The van der Waals surface area contributed by atoms with Gasteiger partial charge in [0, 0.05) is 31.0 Å².